The molecule has 106 valence electrons. The number of hydrogen-bond donors (Lipinski definition) is 1. The van der Waals surface area contributed by atoms with E-state index in [9.17, 15) is 4.79 Å². The lowest BCUT2D eigenvalue weighted by molar-refractivity contribution is 0.100. The molecular weight excluding hydrogens is 252 g/mol. The molecular formula is C15H20N4O. The van der Waals surface area contributed by atoms with Gasteiger partial charge >= 0.3 is 0 Å². The Labute approximate surface area is 118 Å². The van der Waals surface area contributed by atoms with Gasteiger partial charge in [0, 0.05) is 31.7 Å². The van der Waals surface area contributed by atoms with Crippen LogP contribution in [0.15, 0.2) is 24.7 Å². The minimum Gasteiger partial charge on any atom is -0.365 e. The number of aromatic nitrogens is 2. The van der Waals surface area contributed by atoms with E-state index in [2.05, 4.69) is 16.8 Å². The molecule has 1 amide bonds. The van der Waals surface area contributed by atoms with Crippen molar-refractivity contribution >= 4 is 11.6 Å². The highest BCUT2D eigenvalue weighted by Gasteiger charge is 2.17. The van der Waals surface area contributed by atoms with E-state index in [1.807, 2.05) is 22.9 Å². The first-order valence-corrected chi connectivity index (χ1v) is 7.11. The Bertz CT molecular complexity index is 634. The van der Waals surface area contributed by atoms with Crippen molar-refractivity contribution in [2.24, 2.45) is 11.7 Å². The quantitative estimate of drug-likeness (QED) is 0.924. The lowest BCUT2D eigenvalue weighted by atomic mass is 10.00. The summed E-state index contributed by atoms with van der Waals surface area (Å²) in [6, 6.07) is 1.88. The third kappa shape index (κ3) is 2.54. The van der Waals surface area contributed by atoms with Crippen LogP contribution >= 0.6 is 0 Å². The van der Waals surface area contributed by atoms with Gasteiger partial charge in [-0.3, -0.25) is 9.69 Å². The van der Waals surface area contributed by atoms with Gasteiger partial charge in [-0.1, -0.05) is 6.92 Å². The number of nitrogens with zero attached hydrogens (tertiary/aromatic N) is 3. The van der Waals surface area contributed by atoms with E-state index in [4.69, 9.17) is 5.73 Å². The standard InChI is InChI=1S/C15H20N4O/c1-11-3-2-5-18(8-11)9-12-7-13(14(16)20)15-17-4-6-19(15)10-12/h4,6-7,10-11H,2-3,5,8-9H2,1H3,(H2,16,20)/t11-/m0/s1. The number of fused-ring (bicyclic) bond motifs is 1. The number of piperidine rings is 1. The van der Waals surface area contributed by atoms with E-state index in [-0.39, 0.29) is 0 Å². The zero-order chi connectivity index (χ0) is 14.1. The molecule has 2 aromatic heterocycles. The summed E-state index contributed by atoms with van der Waals surface area (Å²) in [4.78, 5) is 18.2. The number of likely N-dealkylation sites (tertiary alicyclic amines) is 1. The van der Waals surface area contributed by atoms with Crippen LogP contribution in [0.2, 0.25) is 0 Å². The van der Waals surface area contributed by atoms with Crippen LogP contribution in [0, 0.1) is 5.92 Å². The Morgan fingerprint density at radius 3 is 3.15 bits per heavy atom. The van der Waals surface area contributed by atoms with Crippen molar-refractivity contribution < 1.29 is 4.79 Å². The first-order valence-electron chi connectivity index (χ1n) is 7.11. The molecule has 0 saturated carbocycles. The number of nitrogens with two attached hydrogens (primary N) is 1. The lowest BCUT2D eigenvalue weighted by Crippen LogP contribution is -2.33. The molecule has 1 aliphatic rings. The van der Waals surface area contributed by atoms with Crippen molar-refractivity contribution in [1.29, 1.82) is 0 Å². The maximum atomic E-state index is 11.6. The van der Waals surface area contributed by atoms with Gasteiger partial charge in [0.25, 0.3) is 5.91 Å². The number of primary amides is 1. The van der Waals surface area contributed by atoms with Crippen molar-refractivity contribution in [3.63, 3.8) is 0 Å². The van der Waals surface area contributed by atoms with E-state index in [0.717, 1.165) is 31.1 Å². The number of pyridine rings is 1. The van der Waals surface area contributed by atoms with Gasteiger partial charge in [-0.2, -0.15) is 0 Å². The summed E-state index contributed by atoms with van der Waals surface area (Å²) in [7, 11) is 0. The Hall–Kier alpha value is -1.88. The van der Waals surface area contributed by atoms with Crippen LogP contribution in [0.1, 0.15) is 35.7 Å². The smallest absolute Gasteiger partial charge is 0.252 e. The molecule has 1 saturated heterocycles. The van der Waals surface area contributed by atoms with E-state index < -0.39 is 5.91 Å². The molecule has 20 heavy (non-hydrogen) atoms. The van der Waals surface area contributed by atoms with Crippen molar-refractivity contribution in [3.05, 3.63) is 35.8 Å². The molecule has 0 unspecified atom stereocenters. The second-order valence-electron chi connectivity index (χ2n) is 5.77. The van der Waals surface area contributed by atoms with Crippen LogP contribution in [0.3, 0.4) is 0 Å². The SMILES string of the molecule is C[C@H]1CCCN(Cc2cc(C(N)=O)c3nccn3c2)C1. The van der Waals surface area contributed by atoms with Gasteiger partial charge in [-0.05, 0) is 36.9 Å². The summed E-state index contributed by atoms with van der Waals surface area (Å²) in [6.45, 7) is 5.39. The van der Waals surface area contributed by atoms with Crippen LogP contribution < -0.4 is 5.73 Å². The first-order chi connectivity index (χ1) is 9.63. The minimum absolute atomic E-state index is 0.421. The normalized spacial score (nSPS) is 20.4. The van der Waals surface area contributed by atoms with E-state index in [1.54, 1.807) is 6.20 Å². The molecule has 0 bridgehead atoms. The molecule has 1 fully saturated rings. The zero-order valence-corrected chi connectivity index (χ0v) is 11.7. The van der Waals surface area contributed by atoms with Gasteiger partial charge in [-0.25, -0.2) is 4.98 Å². The van der Waals surface area contributed by atoms with Crippen LogP contribution in [-0.4, -0.2) is 33.3 Å². The van der Waals surface area contributed by atoms with Gasteiger partial charge in [0.05, 0.1) is 5.56 Å². The summed E-state index contributed by atoms with van der Waals surface area (Å²) in [5, 5.41) is 0. The minimum atomic E-state index is -0.421. The molecule has 0 spiro atoms. The maximum absolute atomic E-state index is 11.6. The van der Waals surface area contributed by atoms with Crippen molar-refractivity contribution in [3.8, 4) is 0 Å². The fourth-order valence-corrected chi connectivity index (χ4v) is 3.05. The molecule has 2 aromatic rings. The molecule has 3 heterocycles. The topological polar surface area (TPSA) is 63.6 Å². The molecule has 5 nitrogen and oxygen atoms in total. The summed E-state index contributed by atoms with van der Waals surface area (Å²) < 4.78 is 1.88. The van der Waals surface area contributed by atoms with Gasteiger partial charge in [0.2, 0.25) is 0 Å². The predicted molar refractivity (Wildman–Crippen MR) is 77.4 cm³/mol. The highest BCUT2D eigenvalue weighted by molar-refractivity contribution is 5.98. The first kappa shape index (κ1) is 13.1. The molecule has 1 aliphatic heterocycles. The molecule has 2 N–H and O–H groups in total. The average Bonchev–Trinajstić information content (AvgIpc) is 2.85. The van der Waals surface area contributed by atoms with E-state index >= 15 is 0 Å². The summed E-state index contributed by atoms with van der Waals surface area (Å²) in [6.07, 6.45) is 8.13. The van der Waals surface area contributed by atoms with Crippen molar-refractivity contribution in [2.45, 2.75) is 26.3 Å². The van der Waals surface area contributed by atoms with Gasteiger partial charge < -0.3 is 10.1 Å². The number of hydrogen-bond acceptors (Lipinski definition) is 3. The maximum Gasteiger partial charge on any atom is 0.252 e. The number of rotatable bonds is 3. The molecule has 3 rings (SSSR count). The molecule has 5 heteroatoms. The number of carbonyl (C=O) groups excluding carboxylic acids is 1. The van der Waals surface area contributed by atoms with Crippen LogP contribution in [0.5, 0.6) is 0 Å². The van der Waals surface area contributed by atoms with E-state index in [1.165, 1.54) is 12.8 Å². The van der Waals surface area contributed by atoms with Crippen LogP contribution in [0.25, 0.3) is 5.65 Å². The monoisotopic (exact) mass is 272 g/mol. The van der Waals surface area contributed by atoms with Gasteiger partial charge in [0.1, 0.15) is 5.65 Å². The van der Waals surface area contributed by atoms with Gasteiger partial charge in [-0.15, -0.1) is 0 Å². The Morgan fingerprint density at radius 1 is 1.55 bits per heavy atom. The highest BCUT2D eigenvalue weighted by Crippen LogP contribution is 2.19. The highest BCUT2D eigenvalue weighted by atomic mass is 16.1. The molecule has 0 aromatic carbocycles. The number of imidazole rings is 1. The van der Waals surface area contributed by atoms with Gasteiger partial charge in [0.15, 0.2) is 0 Å². The van der Waals surface area contributed by atoms with Crippen molar-refractivity contribution in [2.75, 3.05) is 13.1 Å². The second kappa shape index (κ2) is 5.25. The third-order valence-electron chi connectivity index (χ3n) is 3.96. The Morgan fingerprint density at radius 2 is 2.40 bits per heavy atom. The summed E-state index contributed by atoms with van der Waals surface area (Å²) >= 11 is 0. The van der Waals surface area contributed by atoms with E-state index in [0.29, 0.717) is 11.2 Å². The third-order valence-corrected chi connectivity index (χ3v) is 3.96. The number of amides is 1. The second-order valence-corrected chi connectivity index (χ2v) is 5.77. The predicted octanol–water partition coefficient (Wildman–Crippen LogP) is 1.67. The Balaban J connectivity index is 1.89. The molecule has 0 aliphatic carbocycles. The largest absolute Gasteiger partial charge is 0.365 e. The molecule has 1 atom stereocenters. The summed E-state index contributed by atoms with van der Waals surface area (Å²) in [5.74, 6) is 0.325. The van der Waals surface area contributed by atoms with Crippen LogP contribution in [-0.2, 0) is 6.54 Å². The van der Waals surface area contributed by atoms with Crippen LogP contribution in [0.4, 0.5) is 0 Å². The summed E-state index contributed by atoms with van der Waals surface area (Å²) in [5.41, 5.74) is 7.70. The average molecular weight is 272 g/mol. The fraction of sp³-hybridized carbons (Fsp3) is 0.467. The zero-order valence-electron chi connectivity index (χ0n) is 11.7. The lowest BCUT2D eigenvalue weighted by Gasteiger charge is -2.30. The number of carbonyl (C=O) groups is 1. The fourth-order valence-electron chi connectivity index (χ4n) is 3.05. The van der Waals surface area contributed by atoms with Crippen molar-refractivity contribution in [1.82, 2.24) is 14.3 Å². The molecule has 0 radical (unpaired) electrons. The Kier molecular flexibility index (Phi) is 3.44.